The van der Waals surface area contributed by atoms with Crippen LogP contribution < -0.4 is 9.62 Å². The van der Waals surface area contributed by atoms with Gasteiger partial charge >= 0.3 is 0 Å². The smallest absolute Gasteiger partial charge is 0.249 e. The topological polar surface area (TPSA) is 92.3 Å². The minimum absolute atomic E-state index is 0.202. The van der Waals surface area contributed by atoms with Crippen LogP contribution in [0.1, 0.15) is 20.3 Å². The number of nitrogens with one attached hydrogen (secondary N) is 1. The van der Waals surface area contributed by atoms with Crippen LogP contribution in [0.15, 0.2) is 28.6 Å². The first kappa shape index (κ1) is 20.6. The molecule has 0 bridgehead atoms. The second-order valence-electron chi connectivity index (χ2n) is 5.42. The zero-order valence-electron chi connectivity index (χ0n) is 14.5. The first-order chi connectivity index (χ1) is 12.2. The Labute approximate surface area is 160 Å². The summed E-state index contributed by atoms with van der Waals surface area (Å²) >= 11 is 2.76. The Kier molecular flexibility index (Phi) is 6.95. The van der Waals surface area contributed by atoms with Crippen LogP contribution in [-0.2, 0) is 14.8 Å². The fourth-order valence-electron chi connectivity index (χ4n) is 2.11. The van der Waals surface area contributed by atoms with E-state index in [0.29, 0.717) is 5.13 Å². The van der Waals surface area contributed by atoms with Gasteiger partial charge in [-0.2, -0.15) is 0 Å². The van der Waals surface area contributed by atoms with Crippen molar-refractivity contribution in [3.8, 4) is 0 Å². The van der Waals surface area contributed by atoms with Gasteiger partial charge in [0.05, 0.1) is 11.9 Å². The lowest BCUT2D eigenvalue weighted by Gasteiger charge is -2.27. The maximum Gasteiger partial charge on any atom is 0.249 e. The lowest BCUT2D eigenvalue weighted by Crippen LogP contribution is -2.45. The van der Waals surface area contributed by atoms with Crippen LogP contribution in [0.2, 0.25) is 0 Å². The van der Waals surface area contributed by atoms with E-state index in [2.05, 4.69) is 15.5 Å². The van der Waals surface area contributed by atoms with E-state index in [4.69, 9.17) is 0 Å². The predicted molar refractivity (Wildman–Crippen MR) is 103 cm³/mol. The molecule has 1 aromatic heterocycles. The van der Waals surface area contributed by atoms with Gasteiger partial charge in [-0.05, 0) is 37.6 Å². The highest BCUT2D eigenvalue weighted by Crippen LogP contribution is 2.27. The van der Waals surface area contributed by atoms with E-state index in [1.807, 2.05) is 6.92 Å². The summed E-state index contributed by atoms with van der Waals surface area (Å²) in [6.07, 6.45) is 1.98. The van der Waals surface area contributed by atoms with E-state index in [0.717, 1.165) is 39.2 Å². The number of aromatic nitrogens is 2. The molecule has 1 heterocycles. The third-order valence-corrected chi connectivity index (χ3v) is 6.66. The van der Waals surface area contributed by atoms with Crippen molar-refractivity contribution in [1.82, 2.24) is 10.2 Å². The Bertz CT molecular complexity index is 855. The molecule has 1 aromatic carbocycles. The number of hydrogen-bond acceptors (Lipinski definition) is 7. The molecule has 142 valence electrons. The quantitative estimate of drug-likeness (QED) is 0.523. The van der Waals surface area contributed by atoms with E-state index in [9.17, 15) is 17.6 Å². The van der Waals surface area contributed by atoms with Crippen LogP contribution >= 0.6 is 23.1 Å². The Morgan fingerprint density at radius 2 is 2.00 bits per heavy atom. The Morgan fingerprint density at radius 1 is 1.35 bits per heavy atom. The molecular formula is C15H19FN4O3S3. The molecular weight excluding hydrogens is 399 g/mol. The average Bonchev–Trinajstić information content (AvgIpc) is 3.01. The molecule has 2 rings (SSSR count). The molecule has 0 saturated heterocycles. The van der Waals surface area contributed by atoms with Crippen LogP contribution in [0.25, 0.3) is 0 Å². The number of benzene rings is 1. The Hall–Kier alpha value is -1.72. The summed E-state index contributed by atoms with van der Waals surface area (Å²) in [7, 11) is -3.76. The number of carbonyl (C=O) groups is 1. The first-order valence-corrected chi connectivity index (χ1v) is 11.4. The number of sulfonamides is 1. The second-order valence-corrected chi connectivity index (χ2v) is 9.60. The predicted octanol–water partition coefficient (Wildman–Crippen LogP) is 2.97. The third kappa shape index (κ3) is 5.39. The van der Waals surface area contributed by atoms with E-state index in [1.165, 1.54) is 42.2 Å². The highest BCUT2D eigenvalue weighted by atomic mass is 32.2. The van der Waals surface area contributed by atoms with Crippen molar-refractivity contribution in [2.45, 2.75) is 30.6 Å². The van der Waals surface area contributed by atoms with Crippen molar-refractivity contribution >= 4 is 49.8 Å². The minimum atomic E-state index is -3.76. The van der Waals surface area contributed by atoms with Crippen LogP contribution in [0.4, 0.5) is 15.2 Å². The van der Waals surface area contributed by atoms with Gasteiger partial charge in [0.15, 0.2) is 4.34 Å². The van der Waals surface area contributed by atoms with Crippen LogP contribution in [0.3, 0.4) is 0 Å². The van der Waals surface area contributed by atoms with E-state index >= 15 is 0 Å². The summed E-state index contributed by atoms with van der Waals surface area (Å²) in [5.41, 5.74) is 0.202. The highest BCUT2D eigenvalue weighted by molar-refractivity contribution is 8.01. The number of thioether (sulfide) groups is 1. The normalized spacial score (nSPS) is 12.6. The molecule has 0 fully saturated rings. The fourth-order valence-corrected chi connectivity index (χ4v) is 4.97. The van der Waals surface area contributed by atoms with Gasteiger partial charge in [0.2, 0.25) is 21.1 Å². The van der Waals surface area contributed by atoms with Gasteiger partial charge in [-0.15, -0.1) is 10.2 Å². The van der Waals surface area contributed by atoms with E-state index < -0.39 is 27.8 Å². The molecule has 11 heteroatoms. The maximum absolute atomic E-state index is 13.1. The summed E-state index contributed by atoms with van der Waals surface area (Å²) in [6.45, 7) is 3.50. The van der Waals surface area contributed by atoms with Crippen molar-refractivity contribution in [2.24, 2.45) is 0 Å². The van der Waals surface area contributed by atoms with Crippen molar-refractivity contribution in [3.63, 3.8) is 0 Å². The van der Waals surface area contributed by atoms with Gasteiger partial charge in [0.1, 0.15) is 11.9 Å². The summed E-state index contributed by atoms with van der Waals surface area (Å²) in [5, 5.41) is 10.8. The maximum atomic E-state index is 13.1. The molecule has 0 aliphatic rings. The van der Waals surface area contributed by atoms with Crippen molar-refractivity contribution in [3.05, 3.63) is 30.1 Å². The summed E-state index contributed by atoms with van der Waals surface area (Å²) in [6, 6.07) is 3.85. The third-order valence-electron chi connectivity index (χ3n) is 3.24. The lowest BCUT2D eigenvalue weighted by atomic mass is 10.2. The summed E-state index contributed by atoms with van der Waals surface area (Å²) in [5.74, 6) is -0.154. The first-order valence-electron chi connectivity index (χ1n) is 7.74. The molecule has 0 aliphatic heterocycles. The van der Waals surface area contributed by atoms with E-state index in [-0.39, 0.29) is 5.69 Å². The number of carbonyl (C=O) groups excluding carboxylic acids is 1. The summed E-state index contributed by atoms with van der Waals surface area (Å²) < 4.78 is 39.1. The van der Waals surface area contributed by atoms with Crippen molar-refractivity contribution in [2.75, 3.05) is 21.6 Å². The van der Waals surface area contributed by atoms with Crippen LogP contribution in [0, 0.1) is 5.82 Å². The number of nitrogens with zero attached hydrogens (tertiary/aromatic N) is 3. The zero-order valence-corrected chi connectivity index (χ0v) is 16.9. The molecule has 0 aliphatic carbocycles. The molecule has 1 amide bonds. The van der Waals surface area contributed by atoms with Crippen molar-refractivity contribution < 1.29 is 17.6 Å². The molecule has 7 nitrogen and oxygen atoms in total. The molecule has 0 saturated carbocycles. The van der Waals surface area contributed by atoms with Gasteiger partial charge < -0.3 is 0 Å². The lowest BCUT2D eigenvalue weighted by molar-refractivity contribution is -0.116. The van der Waals surface area contributed by atoms with Crippen molar-refractivity contribution in [1.29, 1.82) is 0 Å². The molecule has 2 aromatic rings. The number of halogens is 1. The molecule has 0 unspecified atom stereocenters. The molecule has 1 N–H and O–H groups in total. The Morgan fingerprint density at radius 3 is 2.58 bits per heavy atom. The molecule has 0 radical (unpaired) electrons. The number of anilines is 2. The zero-order chi connectivity index (χ0) is 19.3. The molecule has 1 atom stereocenters. The van der Waals surface area contributed by atoms with Crippen LogP contribution in [-0.4, -0.2) is 42.6 Å². The molecule has 0 spiro atoms. The number of amides is 1. The number of rotatable bonds is 8. The Balaban J connectivity index is 2.17. The second kappa shape index (κ2) is 8.78. The molecule has 26 heavy (non-hydrogen) atoms. The standard InChI is InChI=1S/C15H19FN4O3S3/c1-4-9-24-15-19-18-14(25-15)17-13(21)10(2)20(26(3,22)23)12-7-5-11(16)6-8-12/h5-8,10H,4,9H2,1-3H3,(H,17,18,21)/t10-/m0/s1. The average molecular weight is 419 g/mol. The highest BCUT2D eigenvalue weighted by Gasteiger charge is 2.29. The van der Waals surface area contributed by atoms with Crippen LogP contribution in [0.5, 0.6) is 0 Å². The number of hydrogen-bond donors (Lipinski definition) is 1. The fraction of sp³-hybridized carbons (Fsp3) is 0.400. The van der Waals surface area contributed by atoms with Gasteiger partial charge in [-0.1, -0.05) is 30.0 Å². The van der Waals surface area contributed by atoms with Gasteiger partial charge in [-0.3, -0.25) is 14.4 Å². The van der Waals surface area contributed by atoms with Gasteiger partial charge in [0, 0.05) is 5.75 Å². The van der Waals surface area contributed by atoms with Gasteiger partial charge in [-0.25, -0.2) is 12.8 Å². The minimum Gasteiger partial charge on any atom is -0.299 e. The largest absolute Gasteiger partial charge is 0.299 e. The SMILES string of the molecule is CCCSc1nnc(NC(=O)[C@H](C)N(c2ccc(F)cc2)S(C)(=O)=O)s1. The summed E-state index contributed by atoms with van der Waals surface area (Å²) in [4.78, 5) is 12.5. The monoisotopic (exact) mass is 418 g/mol. The van der Waals surface area contributed by atoms with Gasteiger partial charge in [0.25, 0.3) is 0 Å². The van der Waals surface area contributed by atoms with E-state index in [1.54, 1.807) is 0 Å².